The van der Waals surface area contributed by atoms with Crippen LogP contribution in [0, 0.1) is 0 Å². The molecule has 8 heteroatoms. The summed E-state index contributed by atoms with van der Waals surface area (Å²) in [6.45, 7) is -0.878. The van der Waals surface area contributed by atoms with Crippen molar-refractivity contribution in [2.45, 2.75) is 18.9 Å². The summed E-state index contributed by atoms with van der Waals surface area (Å²) < 4.78 is 14.9. The van der Waals surface area contributed by atoms with Gasteiger partial charge in [-0.25, -0.2) is 9.59 Å². The van der Waals surface area contributed by atoms with Crippen molar-refractivity contribution in [3.8, 4) is 11.5 Å². The quantitative estimate of drug-likeness (QED) is 0.713. The summed E-state index contributed by atoms with van der Waals surface area (Å²) in [5, 5.41) is 4.65. The van der Waals surface area contributed by atoms with Crippen LogP contribution >= 0.6 is 0 Å². The first kappa shape index (κ1) is 16.6. The zero-order chi connectivity index (χ0) is 16.7. The van der Waals surface area contributed by atoms with E-state index >= 15 is 0 Å². The normalized spacial score (nSPS) is 12.9. The van der Waals surface area contributed by atoms with Gasteiger partial charge in [0.05, 0.1) is 7.11 Å². The highest BCUT2D eigenvalue weighted by Crippen LogP contribution is 2.18. The summed E-state index contributed by atoms with van der Waals surface area (Å²) in [6.07, 6.45) is 1.83. The summed E-state index contributed by atoms with van der Waals surface area (Å²) >= 11 is 0. The molecule has 1 aromatic rings. The Hall–Kier alpha value is -2.77. The second-order valence-corrected chi connectivity index (χ2v) is 4.92. The van der Waals surface area contributed by atoms with E-state index in [-0.39, 0.29) is 12.6 Å². The zero-order valence-corrected chi connectivity index (χ0v) is 12.7. The molecule has 2 rings (SSSR count). The maximum Gasteiger partial charge on any atom is 0.344 e. The van der Waals surface area contributed by atoms with Gasteiger partial charge < -0.3 is 19.5 Å². The Balaban J connectivity index is 1.61. The molecule has 1 aromatic carbocycles. The minimum absolute atomic E-state index is 0.142. The molecule has 23 heavy (non-hydrogen) atoms. The van der Waals surface area contributed by atoms with Crippen molar-refractivity contribution in [3.05, 3.63) is 24.3 Å². The van der Waals surface area contributed by atoms with Gasteiger partial charge in [0.1, 0.15) is 11.5 Å². The Bertz CT molecular complexity index is 568. The van der Waals surface area contributed by atoms with E-state index in [9.17, 15) is 14.4 Å². The number of imide groups is 1. The fourth-order valence-corrected chi connectivity index (χ4v) is 1.61. The number of methoxy groups -OCH3 is 1. The standard InChI is InChI=1S/C15H18N2O6/c1-21-11-4-6-12(7-5-11)22-9-14(19)23-8-13(18)17-15(20)16-10-2-3-10/h4-7,10H,2-3,8-9H2,1H3,(H2,16,17,18,20). The van der Waals surface area contributed by atoms with Crippen LogP contribution in [0.5, 0.6) is 11.5 Å². The summed E-state index contributed by atoms with van der Waals surface area (Å²) in [5.41, 5.74) is 0. The van der Waals surface area contributed by atoms with E-state index < -0.39 is 24.5 Å². The molecule has 8 nitrogen and oxygen atoms in total. The summed E-state index contributed by atoms with van der Waals surface area (Å²) in [5.74, 6) is -0.267. The minimum Gasteiger partial charge on any atom is -0.497 e. The van der Waals surface area contributed by atoms with Gasteiger partial charge in [0.15, 0.2) is 13.2 Å². The van der Waals surface area contributed by atoms with Crippen molar-refractivity contribution in [2.75, 3.05) is 20.3 Å². The third-order valence-corrected chi connectivity index (χ3v) is 2.95. The SMILES string of the molecule is COc1ccc(OCC(=O)OCC(=O)NC(=O)NC2CC2)cc1. The van der Waals surface area contributed by atoms with E-state index in [1.165, 1.54) is 0 Å². The predicted octanol–water partition coefficient (Wildman–Crippen LogP) is 0.605. The lowest BCUT2D eigenvalue weighted by Gasteiger charge is -2.08. The maximum absolute atomic E-state index is 11.5. The van der Waals surface area contributed by atoms with Crippen molar-refractivity contribution >= 4 is 17.9 Å². The van der Waals surface area contributed by atoms with Crippen molar-refractivity contribution < 1.29 is 28.6 Å². The van der Waals surface area contributed by atoms with Gasteiger partial charge in [-0.1, -0.05) is 0 Å². The molecule has 0 aromatic heterocycles. The number of urea groups is 1. The Morgan fingerprint density at radius 2 is 1.74 bits per heavy atom. The average molecular weight is 322 g/mol. The lowest BCUT2D eigenvalue weighted by molar-refractivity contribution is -0.150. The molecule has 0 unspecified atom stereocenters. The highest BCUT2D eigenvalue weighted by atomic mass is 16.6. The molecule has 0 atom stereocenters. The topological polar surface area (TPSA) is 103 Å². The van der Waals surface area contributed by atoms with Crippen LogP contribution in [0.1, 0.15) is 12.8 Å². The molecule has 0 spiro atoms. The van der Waals surface area contributed by atoms with Crippen LogP contribution in [0.15, 0.2) is 24.3 Å². The first-order valence-corrected chi connectivity index (χ1v) is 7.09. The first-order valence-electron chi connectivity index (χ1n) is 7.09. The van der Waals surface area contributed by atoms with Crippen LogP contribution in [0.25, 0.3) is 0 Å². The van der Waals surface area contributed by atoms with Crippen molar-refractivity contribution in [3.63, 3.8) is 0 Å². The van der Waals surface area contributed by atoms with E-state index in [2.05, 4.69) is 10.6 Å². The number of rotatable bonds is 7. The van der Waals surface area contributed by atoms with Crippen LogP contribution in [0.2, 0.25) is 0 Å². The van der Waals surface area contributed by atoms with Gasteiger partial charge in [0.25, 0.3) is 5.91 Å². The van der Waals surface area contributed by atoms with Crippen LogP contribution in [0.3, 0.4) is 0 Å². The fraction of sp³-hybridized carbons (Fsp3) is 0.400. The molecule has 0 bridgehead atoms. The summed E-state index contributed by atoms with van der Waals surface area (Å²) in [6, 6.07) is 6.22. The van der Waals surface area contributed by atoms with Crippen LogP contribution < -0.4 is 20.1 Å². The Morgan fingerprint density at radius 1 is 1.09 bits per heavy atom. The predicted molar refractivity (Wildman–Crippen MR) is 79.1 cm³/mol. The molecule has 0 saturated heterocycles. The van der Waals surface area contributed by atoms with Gasteiger partial charge in [-0.15, -0.1) is 0 Å². The third-order valence-electron chi connectivity index (χ3n) is 2.95. The Kier molecular flexibility index (Phi) is 5.79. The molecule has 1 saturated carbocycles. The molecule has 3 amide bonds. The zero-order valence-electron chi connectivity index (χ0n) is 12.7. The average Bonchev–Trinajstić information content (AvgIpc) is 3.35. The molecular weight excluding hydrogens is 304 g/mol. The Labute approximate surface area is 133 Å². The molecule has 2 N–H and O–H groups in total. The number of carbonyl (C=O) groups is 3. The number of ether oxygens (including phenoxy) is 3. The molecule has 0 heterocycles. The highest BCUT2D eigenvalue weighted by molar-refractivity contribution is 5.95. The van der Waals surface area contributed by atoms with Gasteiger partial charge in [0.2, 0.25) is 0 Å². The second kappa shape index (κ2) is 8.02. The number of hydrogen-bond donors (Lipinski definition) is 2. The van der Waals surface area contributed by atoms with Gasteiger partial charge in [-0.05, 0) is 37.1 Å². The number of carbonyl (C=O) groups excluding carboxylic acids is 3. The van der Waals surface area contributed by atoms with E-state index in [1.54, 1.807) is 31.4 Å². The van der Waals surface area contributed by atoms with Crippen molar-refractivity contribution in [1.82, 2.24) is 10.6 Å². The lowest BCUT2D eigenvalue weighted by atomic mass is 10.3. The molecule has 1 fully saturated rings. The van der Waals surface area contributed by atoms with E-state index in [4.69, 9.17) is 14.2 Å². The molecule has 0 radical (unpaired) electrons. The number of nitrogens with one attached hydrogen (secondary N) is 2. The van der Waals surface area contributed by atoms with Crippen molar-refractivity contribution in [2.24, 2.45) is 0 Å². The van der Waals surface area contributed by atoms with Crippen LogP contribution in [-0.4, -0.2) is 44.3 Å². The lowest BCUT2D eigenvalue weighted by Crippen LogP contribution is -2.42. The van der Waals surface area contributed by atoms with Gasteiger partial charge in [-0.3, -0.25) is 10.1 Å². The molecule has 1 aliphatic carbocycles. The van der Waals surface area contributed by atoms with Crippen molar-refractivity contribution in [1.29, 1.82) is 0 Å². The number of hydrogen-bond acceptors (Lipinski definition) is 6. The fourth-order valence-electron chi connectivity index (χ4n) is 1.61. The van der Waals surface area contributed by atoms with E-state index in [1.807, 2.05) is 0 Å². The Morgan fingerprint density at radius 3 is 2.35 bits per heavy atom. The largest absolute Gasteiger partial charge is 0.497 e. The van der Waals surface area contributed by atoms with Gasteiger partial charge >= 0.3 is 12.0 Å². The summed E-state index contributed by atoms with van der Waals surface area (Å²) in [4.78, 5) is 34.2. The maximum atomic E-state index is 11.5. The minimum atomic E-state index is -0.710. The number of benzene rings is 1. The van der Waals surface area contributed by atoms with Crippen LogP contribution in [-0.2, 0) is 14.3 Å². The highest BCUT2D eigenvalue weighted by Gasteiger charge is 2.24. The van der Waals surface area contributed by atoms with Crippen LogP contribution in [0.4, 0.5) is 4.79 Å². The monoisotopic (exact) mass is 322 g/mol. The smallest absolute Gasteiger partial charge is 0.344 e. The summed E-state index contributed by atoms with van der Waals surface area (Å²) in [7, 11) is 1.54. The number of amides is 3. The second-order valence-electron chi connectivity index (χ2n) is 4.92. The molecule has 124 valence electrons. The van der Waals surface area contributed by atoms with E-state index in [0.29, 0.717) is 11.5 Å². The van der Waals surface area contributed by atoms with E-state index in [0.717, 1.165) is 12.8 Å². The third kappa shape index (κ3) is 6.25. The number of esters is 1. The van der Waals surface area contributed by atoms with Gasteiger partial charge in [-0.2, -0.15) is 0 Å². The molecular formula is C15H18N2O6. The molecule has 1 aliphatic rings. The first-order chi connectivity index (χ1) is 11.1. The molecule has 0 aliphatic heterocycles. The van der Waals surface area contributed by atoms with Gasteiger partial charge in [0, 0.05) is 6.04 Å².